The molecule has 0 saturated heterocycles. The summed E-state index contributed by atoms with van der Waals surface area (Å²) in [4.78, 5) is 12.5. The van der Waals surface area contributed by atoms with Crippen LogP contribution in [0.15, 0.2) is 54.6 Å². The Bertz CT molecular complexity index is 841. The van der Waals surface area contributed by atoms with E-state index in [4.69, 9.17) is 4.74 Å². The van der Waals surface area contributed by atoms with Crippen LogP contribution in [0.2, 0.25) is 0 Å². The van der Waals surface area contributed by atoms with E-state index in [9.17, 15) is 4.79 Å². The maximum atomic E-state index is 12.5. The van der Waals surface area contributed by atoms with Gasteiger partial charge in [-0.05, 0) is 42.5 Å². The minimum absolute atomic E-state index is 0.0506. The van der Waals surface area contributed by atoms with Crippen molar-refractivity contribution in [1.29, 1.82) is 0 Å². The molecule has 0 saturated carbocycles. The molecular weight excluding hydrogens is 334 g/mol. The fourth-order valence-electron chi connectivity index (χ4n) is 3.42. The van der Waals surface area contributed by atoms with E-state index in [1.807, 2.05) is 30.3 Å². The second-order valence-electron chi connectivity index (χ2n) is 8.87. The summed E-state index contributed by atoms with van der Waals surface area (Å²) >= 11 is 0. The molecule has 1 amide bonds. The van der Waals surface area contributed by atoms with Gasteiger partial charge in [0.1, 0.15) is 11.4 Å². The molecule has 142 valence electrons. The smallest absolute Gasteiger partial charge is 0.244 e. The van der Waals surface area contributed by atoms with Crippen molar-refractivity contribution in [2.24, 2.45) is 0 Å². The Balaban J connectivity index is 1.70. The molecule has 1 N–H and O–H groups in total. The van der Waals surface area contributed by atoms with Crippen LogP contribution in [0.25, 0.3) is 6.08 Å². The molecule has 3 nitrogen and oxygen atoms in total. The maximum absolute atomic E-state index is 12.5. The largest absolute Gasteiger partial charge is 0.487 e. The lowest BCUT2D eigenvalue weighted by atomic mass is 9.87. The van der Waals surface area contributed by atoms with Crippen LogP contribution < -0.4 is 10.1 Å². The van der Waals surface area contributed by atoms with Crippen LogP contribution >= 0.6 is 0 Å². The van der Waals surface area contributed by atoms with E-state index in [0.29, 0.717) is 0 Å². The first-order valence-electron chi connectivity index (χ1n) is 9.51. The Morgan fingerprint density at radius 2 is 1.78 bits per heavy atom. The average Bonchev–Trinajstić information content (AvgIpc) is 2.58. The molecule has 1 atom stereocenters. The first-order valence-corrected chi connectivity index (χ1v) is 9.51. The quantitative estimate of drug-likeness (QED) is 0.740. The molecule has 0 aromatic heterocycles. The molecule has 3 rings (SSSR count). The molecule has 0 bridgehead atoms. The third-order valence-corrected chi connectivity index (χ3v) is 4.90. The highest BCUT2D eigenvalue weighted by molar-refractivity contribution is 5.92. The number of amides is 1. The fraction of sp³-hybridized carbons (Fsp3) is 0.375. The van der Waals surface area contributed by atoms with Gasteiger partial charge in [0, 0.05) is 18.1 Å². The second-order valence-corrected chi connectivity index (χ2v) is 8.87. The van der Waals surface area contributed by atoms with Crippen LogP contribution in [-0.2, 0) is 10.2 Å². The SMILES string of the molecule is CC1(C)C[C@@H](NC(=O)/C=C/c2ccc(C(C)(C)C)cc2)c2ccccc2O1. The van der Waals surface area contributed by atoms with Crippen molar-refractivity contribution in [3.8, 4) is 5.75 Å². The van der Waals surface area contributed by atoms with Crippen molar-refractivity contribution < 1.29 is 9.53 Å². The summed E-state index contributed by atoms with van der Waals surface area (Å²) in [6.07, 6.45) is 4.21. The Hall–Kier alpha value is -2.55. The van der Waals surface area contributed by atoms with Crippen molar-refractivity contribution in [2.75, 3.05) is 0 Å². The van der Waals surface area contributed by atoms with Crippen molar-refractivity contribution >= 4 is 12.0 Å². The highest BCUT2D eigenvalue weighted by atomic mass is 16.5. The van der Waals surface area contributed by atoms with E-state index in [1.165, 1.54) is 5.56 Å². The number of benzene rings is 2. The molecule has 0 spiro atoms. The van der Waals surface area contributed by atoms with E-state index < -0.39 is 0 Å². The number of fused-ring (bicyclic) bond motifs is 1. The van der Waals surface area contributed by atoms with Crippen molar-refractivity contribution in [3.05, 3.63) is 71.3 Å². The summed E-state index contributed by atoms with van der Waals surface area (Å²) in [6, 6.07) is 16.2. The molecule has 0 aliphatic carbocycles. The van der Waals surface area contributed by atoms with Gasteiger partial charge in [0.15, 0.2) is 0 Å². The number of carbonyl (C=O) groups is 1. The number of hydrogen-bond donors (Lipinski definition) is 1. The van der Waals surface area contributed by atoms with Crippen LogP contribution in [-0.4, -0.2) is 11.5 Å². The van der Waals surface area contributed by atoms with Crippen molar-refractivity contribution in [1.82, 2.24) is 5.32 Å². The summed E-state index contributed by atoms with van der Waals surface area (Å²) in [5.41, 5.74) is 3.16. The van der Waals surface area contributed by atoms with Gasteiger partial charge in [-0.2, -0.15) is 0 Å². The first kappa shape index (κ1) is 19.2. The van der Waals surface area contributed by atoms with Crippen LogP contribution in [0, 0.1) is 0 Å². The minimum Gasteiger partial charge on any atom is -0.487 e. The van der Waals surface area contributed by atoms with Gasteiger partial charge < -0.3 is 10.1 Å². The van der Waals surface area contributed by atoms with Gasteiger partial charge in [-0.25, -0.2) is 0 Å². The lowest BCUT2D eigenvalue weighted by molar-refractivity contribution is -0.117. The van der Waals surface area contributed by atoms with Gasteiger partial charge in [0.05, 0.1) is 6.04 Å². The number of rotatable bonds is 3. The van der Waals surface area contributed by atoms with Crippen LogP contribution in [0.1, 0.15) is 63.8 Å². The zero-order valence-electron chi connectivity index (χ0n) is 16.9. The van der Waals surface area contributed by atoms with Gasteiger partial charge in [-0.1, -0.05) is 63.2 Å². The molecule has 0 radical (unpaired) electrons. The van der Waals surface area contributed by atoms with Crippen molar-refractivity contribution in [3.63, 3.8) is 0 Å². The highest BCUT2D eigenvalue weighted by Gasteiger charge is 2.33. The molecule has 0 unspecified atom stereocenters. The van der Waals surface area contributed by atoms with Gasteiger partial charge in [0.25, 0.3) is 0 Å². The molecule has 27 heavy (non-hydrogen) atoms. The van der Waals surface area contributed by atoms with Gasteiger partial charge >= 0.3 is 0 Å². The Morgan fingerprint density at radius 3 is 2.44 bits per heavy atom. The van der Waals surface area contributed by atoms with E-state index in [0.717, 1.165) is 23.3 Å². The monoisotopic (exact) mass is 363 g/mol. The van der Waals surface area contributed by atoms with Gasteiger partial charge in [-0.15, -0.1) is 0 Å². The zero-order valence-corrected chi connectivity index (χ0v) is 16.9. The van der Waals surface area contributed by atoms with Crippen LogP contribution in [0.5, 0.6) is 5.75 Å². The minimum atomic E-state index is -0.307. The summed E-state index contributed by atoms with van der Waals surface area (Å²) in [7, 11) is 0. The molecular formula is C24H29NO2. The normalized spacial score (nSPS) is 18.6. The molecule has 3 heteroatoms. The summed E-state index contributed by atoms with van der Waals surface area (Å²) in [6.45, 7) is 10.7. The number of carbonyl (C=O) groups excluding carboxylic acids is 1. The molecule has 1 heterocycles. The summed E-state index contributed by atoms with van der Waals surface area (Å²) in [5.74, 6) is 0.758. The molecule has 1 aliphatic rings. The molecule has 2 aromatic rings. The lowest BCUT2D eigenvalue weighted by Gasteiger charge is -2.37. The molecule has 2 aromatic carbocycles. The number of para-hydroxylation sites is 1. The average molecular weight is 364 g/mol. The first-order chi connectivity index (χ1) is 12.6. The molecule has 1 aliphatic heterocycles. The van der Waals surface area contributed by atoms with Crippen LogP contribution in [0.4, 0.5) is 0 Å². The van der Waals surface area contributed by atoms with E-state index in [1.54, 1.807) is 6.08 Å². The van der Waals surface area contributed by atoms with E-state index in [2.05, 4.69) is 64.2 Å². The number of ether oxygens (including phenoxy) is 1. The van der Waals surface area contributed by atoms with Gasteiger partial charge in [-0.3, -0.25) is 4.79 Å². The van der Waals surface area contributed by atoms with E-state index >= 15 is 0 Å². The van der Waals surface area contributed by atoms with Crippen LogP contribution in [0.3, 0.4) is 0 Å². The zero-order chi connectivity index (χ0) is 19.7. The highest BCUT2D eigenvalue weighted by Crippen LogP contribution is 2.39. The third-order valence-electron chi connectivity index (χ3n) is 4.90. The second kappa shape index (κ2) is 7.22. The Morgan fingerprint density at radius 1 is 1.11 bits per heavy atom. The topological polar surface area (TPSA) is 38.3 Å². The predicted octanol–water partition coefficient (Wildman–Crippen LogP) is 5.42. The lowest BCUT2D eigenvalue weighted by Crippen LogP contribution is -2.40. The summed E-state index contributed by atoms with van der Waals surface area (Å²) in [5, 5.41) is 3.13. The standard InChI is InChI=1S/C24H29NO2/c1-23(2,3)18-13-10-17(11-14-18)12-15-22(26)25-20-16-24(4,5)27-21-9-7-6-8-19(20)21/h6-15,20H,16H2,1-5H3,(H,25,26)/b15-12+/t20-/m1/s1. The van der Waals surface area contributed by atoms with Crippen molar-refractivity contribution in [2.45, 2.75) is 58.1 Å². The van der Waals surface area contributed by atoms with Gasteiger partial charge in [0.2, 0.25) is 5.91 Å². The number of hydrogen-bond acceptors (Lipinski definition) is 2. The summed E-state index contributed by atoms with van der Waals surface area (Å²) < 4.78 is 6.03. The number of nitrogens with one attached hydrogen (secondary N) is 1. The predicted molar refractivity (Wildman–Crippen MR) is 111 cm³/mol. The third kappa shape index (κ3) is 4.79. The Kier molecular flexibility index (Phi) is 5.14. The fourth-order valence-corrected chi connectivity index (χ4v) is 3.42. The van der Waals surface area contributed by atoms with E-state index in [-0.39, 0.29) is 23.0 Å². The Labute approximate surface area is 162 Å². The molecule has 0 fully saturated rings. The maximum Gasteiger partial charge on any atom is 0.244 e.